The minimum atomic E-state index is -0.207. The largest absolute Gasteiger partial charge is 0.459 e. The molecule has 6 heteroatoms. The third-order valence-electron chi connectivity index (χ3n) is 4.24. The number of hydrogen-bond donors (Lipinski definition) is 1. The van der Waals surface area contributed by atoms with E-state index in [2.05, 4.69) is 21.2 Å². The van der Waals surface area contributed by atoms with Crippen molar-refractivity contribution in [2.45, 2.75) is 19.8 Å². The Bertz CT molecular complexity index is 743. The van der Waals surface area contributed by atoms with Gasteiger partial charge in [-0.2, -0.15) is 0 Å². The van der Waals surface area contributed by atoms with E-state index in [-0.39, 0.29) is 17.7 Å². The lowest BCUT2D eigenvalue weighted by Gasteiger charge is -2.31. The number of carbonyl (C=O) groups excluding carboxylic acids is 2. The summed E-state index contributed by atoms with van der Waals surface area (Å²) >= 11 is 3.45. The topological polar surface area (TPSA) is 62.6 Å². The maximum Gasteiger partial charge on any atom is 0.289 e. The van der Waals surface area contributed by atoms with Gasteiger partial charge in [-0.15, -0.1) is 0 Å². The second kappa shape index (κ2) is 7.21. The lowest BCUT2D eigenvalue weighted by atomic mass is 9.96. The summed E-state index contributed by atoms with van der Waals surface area (Å²) < 4.78 is 6.18. The minimum absolute atomic E-state index is 0.0475. The molecular formula is C18H19BrN2O3. The maximum absolute atomic E-state index is 12.5. The lowest BCUT2D eigenvalue weighted by molar-refractivity contribution is -0.121. The van der Waals surface area contributed by atoms with Crippen molar-refractivity contribution in [3.8, 4) is 0 Å². The number of hydrogen-bond acceptors (Lipinski definition) is 3. The third kappa shape index (κ3) is 3.70. The van der Waals surface area contributed by atoms with Gasteiger partial charge in [-0.3, -0.25) is 9.59 Å². The first-order chi connectivity index (χ1) is 11.5. The molecule has 3 rings (SSSR count). The van der Waals surface area contributed by atoms with E-state index in [9.17, 15) is 9.59 Å². The molecule has 5 nitrogen and oxygen atoms in total. The van der Waals surface area contributed by atoms with Gasteiger partial charge >= 0.3 is 0 Å². The van der Waals surface area contributed by atoms with Gasteiger partial charge in [-0.1, -0.05) is 15.9 Å². The highest BCUT2D eigenvalue weighted by Gasteiger charge is 2.29. The number of anilines is 1. The van der Waals surface area contributed by atoms with Crippen LogP contribution in [-0.4, -0.2) is 29.8 Å². The van der Waals surface area contributed by atoms with Crippen molar-refractivity contribution in [2.75, 3.05) is 18.4 Å². The molecule has 0 saturated carbocycles. The summed E-state index contributed by atoms with van der Waals surface area (Å²) in [5, 5.41) is 2.95. The van der Waals surface area contributed by atoms with Crippen molar-refractivity contribution in [1.82, 2.24) is 4.90 Å². The van der Waals surface area contributed by atoms with Gasteiger partial charge in [0.2, 0.25) is 5.91 Å². The molecule has 24 heavy (non-hydrogen) atoms. The molecule has 1 atom stereocenters. The molecule has 1 aromatic heterocycles. The first-order valence-corrected chi connectivity index (χ1v) is 8.73. The number of rotatable bonds is 3. The van der Waals surface area contributed by atoms with Crippen LogP contribution >= 0.6 is 15.9 Å². The van der Waals surface area contributed by atoms with Crippen molar-refractivity contribution in [2.24, 2.45) is 5.92 Å². The molecule has 2 heterocycles. The van der Waals surface area contributed by atoms with Crippen LogP contribution in [0.2, 0.25) is 0 Å². The second-order valence-electron chi connectivity index (χ2n) is 6.02. The SMILES string of the molecule is Cc1cc(NC(=O)C2CCCN(C(=O)c3ccco3)C2)ccc1Br. The molecule has 0 radical (unpaired) electrons. The zero-order chi connectivity index (χ0) is 17.1. The molecule has 2 amide bonds. The van der Waals surface area contributed by atoms with E-state index in [4.69, 9.17) is 4.42 Å². The van der Waals surface area contributed by atoms with E-state index >= 15 is 0 Å². The summed E-state index contributed by atoms with van der Waals surface area (Å²) in [6.07, 6.45) is 3.07. The van der Waals surface area contributed by atoms with E-state index in [1.165, 1.54) is 6.26 Å². The third-order valence-corrected chi connectivity index (χ3v) is 5.13. The molecule has 2 aromatic rings. The van der Waals surface area contributed by atoms with E-state index in [1.807, 2.05) is 25.1 Å². The van der Waals surface area contributed by atoms with Crippen molar-refractivity contribution >= 4 is 33.4 Å². The molecule has 0 aliphatic carbocycles. The number of aryl methyl sites for hydroxylation is 1. The van der Waals surface area contributed by atoms with Gasteiger partial charge in [0.05, 0.1) is 12.2 Å². The van der Waals surface area contributed by atoms with Crippen LogP contribution < -0.4 is 5.32 Å². The fourth-order valence-electron chi connectivity index (χ4n) is 2.90. The smallest absolute Gasteiger partial charge is 0.289 e. The molecule has 1 saturated heterocycles. The quantitative estimate of drug-likeness (QED) is 0.865. The normalized spacial score (nSPS) is 17.6. The van der Waals surface area contributed by atoms with Crippen molar-refractivity contribution in [3.63, 3.8) is 0 Å². The number of amides is 2. The van der Waals surface area contributed by atoms with E-state index < -0.39 is 0 Å². The highest BCUT2D eigenvalue weighted by Crippen LogP contribution is 2.23. The van der Waals surface area contributed by atoms with Gasteiger partial charge in [0.15, 0.2) is 5.76 Å². The van der Waals surface area contributed by atoms with Crippen molar-refractivity contribution in [3.05, 3.63) is 52.4 Å². The van der Waals surface area contributed by atoms with Gasteiger partial charge in [0.25, 0.3) is 5.91 Å². The Balaban J connectivity index is 1.64. The first-order valence-electron chi connectivity index (χ1n) is 7.94. The van der Waals surface area contributed by atoms with E-state index in [1.54, 1.807) is 17.0 Å². The Morgan fingerprint density at radius 3 is 2.88 bits per heavy atom. The van der Waals surface area contributed by atoms with Crippen molar-refractivity contribution < 1.29 is 14.0 Å². The van der Waals surface area contributed by atoms with E-state index in [0.29, 0.717) is 18.8 Å². The summed E-state index contributed by atoms with van der Waals surface area (Å²) in [4.78, 5) is 26.6. The van der Waals surface area contributed by atoms with Crippen LogP contribution in [-0.2, 0) is 4.79 Å². The van der Waals surface area contributed by atoms with Gasteiger partial charge < -0.3 is 14.6 Å². The standard InChI is InChI=1S/C18H19BrN2O3/c1-12-10-14(6-7-15(12)19)20-17(22)13-4-2-8-21(11-13)18(23)16-5-3-9-24-16/h3,5-7,9-10,13H,2,4,8,11H2,1H3,(H,20,22). The fourth-order valence-corrected chi connectivity index (χ4v) is 3.15. The Kier molecular flexibility index (Phi) is 5.04. The van der Waals surface area contributed by atoms with Crippen LogP contribution in [0.3, 0.4) is 0 Å². The van der Waals surface area contributed by atoms with Crippen LogP contribution in [0.15, 0.2) is 45.5 Å². The number of furan rings is 1. The number of nitrogens with one attached hydrogen (secondary N) is 1. The van der Waals surface area contributed by atoms with Crippen LogP contribution in [0.25, 0.3) is 0 Å². The average Bonchev–Trinajstić information content (AvgIpc) is 3.12. The molecule has 1 aliphatic rings. The number of halogens is 1. The lowest BCUT2D eigenvalue weighted by Crippen LogP contribution is -2.43. The number of nitrogens with zero attached hydrogens (tertiary/aromatic N) is 1. The van der Waals surface area contributed by atoms with Gasteiger partial charge in [-0.25, -0.2) is 0 Å². The second-order valence-corrected chi connectivity index (χ2v) is 6.88. The van der Waals surface area contributed by atoms with Crippen LogP contribution in [0.5, 0.6) is 0 Å². The summed E-state index contributed by atoms with van der Waals surface area (Å²) in [5.41, 5.74) is 1.83. The molecule has 1 aliphatic heterocycles. The van der Waals surface area contributed by atoms with E-state index in [0.717, 1.165) is 28.6 Å². The van der Waals surface area contributed by atoms with Crippen molar-refractivity contribution in [1.29, 1.82) is 0 Å². The summed E-state index contributed by atoms with van der Waals surface area (Å²) in [6, 6.07) is 9.05. The highest BCUT2D eigenvalue weighted by atomic mass is 79.9. The Labute approximate surface area is 149 Å². The van der Waals surface area contributed by atoms with Gasteiger partial charge in [0.1, 0.15) is 0 Å². The van der Waals surface area contributed by atoms with Gasteiger partial charge in [-0.05, 0) is 55.7 Å². The predicted molar refractivity (Wildman–Crippen MR) is 94.8 cm³/mol. The number of benzene rings is 1. The zero-order valence-corrected chi connectivity index (χ0v) is 15.0. The summed E-state index contributed by atoms with van der Waals surface area (Å²) in [6.45, 7) is 3.05. The fraction of sp³-hybridized carbons (Fsp3) is 0.333. The Morgan fingerprint density at radius 1 is 1.33 bits per heavy atom. The molecule has 0 bridgehead atoms. The van der Waals surface area contributed by atoms with Crippen LogP contribution in [0, 0.1) is 12.8 Å². The molecular weight excluding hydrogens is 372 g/mol. The molecule has 1 fully saturated rings. The number of piperidine rings is 1. The van der Waals surface area contributed by atoms with Crippen LogP contribution in [0.4, 0.5) is 5.69 Å². The van der Waals surface area contributed by atoms with Crippen LogP contribution in [0.1, 0.15) is 29.0 Å². The molecule has 0 spiro atoms. The number of carbonyl (C=O) groups is 2. The Hall–Kier alpha value is -2.08. The average molecular weight is 391 g/mol. The predicted octanol–water partition coefficient (Wildman–Crippen LogP) is 3.84. The Morgan fingerprint density at radius 2 is 2.17 bits per heavy atom. The summed E-state index contributed by atoms with van der Waals surface area (Å²) in [5.74, 6) is -0.0909. The first kappa shape index (κ1) is 16.8. The van der Waals surface area contributed by atoms with Gasteiger partial charge in [0, 0.05) is 23.2 Å². The molecule has 126 valence electrons. The molecule has 1 aromatic carbocycles. The maximum atomic E-state index is 12.5. The number of likely N-dealkylation sites (tertiary alicyclic amines) is 1. The molecule has 1 unspecified atom stereocenters. The monoisotopic (exact) mass is 390 g/mol. The summed E-state index contributed by atoms with van der Waals surface area (Å²) in [7, 11) is 0. The zero-order valence-electron chi connectivity index (χ0n) is 13.4. The highest BCUT2D eigenvalue weighted by molar-refractivity contribution is 9.10. The minimum Gasteiger partial charge on any atom is -0.459 e. The molecule has 1 N–H and O–H groups in total.